The van der Waals surface area contributed by atoms with Gasteiger partial charge in [-0.25, -0.2) is 0 Å². The van der Waals surface area contributed by atoms with Gasteiger partial charge < -0.3 is 0 Å². The van der Waals surface area contributed by atoms with Crippen LogP contribution in [0.15, 0.2) is 18.3 Å². The van der Waals surface area contributed by atoms with Gasteiger partial charge in [-0.05, 0) is 35.8 Å². The first-order valence-corrected chi connectivity index (χ1v) is 4.41. The summed E-state index contributed by atoms with van der Waals surface area (Å²) >= 11 is 0. The van der Waals surface area contributed by atoms with Crippen LogP contribution in [0.2, 0.25) is 0 Å². The van der Waals surface area contributed by atoms with E-state index in [4.69, 9.17) is 0 Å². The fraction of sp³-hybridized carbons (Fsp3) is 0.500. The number of nitrogens with zero attached hydrogens (tertiary/aromatic N) is 1. The molecule has 2 saturated carbocycles. The summed E-state index contributed by atoms with van der Waals surface area (Å²) in [5, 5.41) is 0. The van der Waals surface area contributed by atoms with Gasteiger partial charge in [0.1, 0.15) is 0 Å². The summed E-state index contributed by atoms with van der Waals surface area (Å²) in [6, 6.07) is 4.35. The quantitative estimate of drug-likeness (QED) is 0.540. The van der Waals surface area contributed by atoms with Crippen molar-refractivity contribution in [3.05, 3.63) is 29.6 Å². The smallest absolute Gasteiger partial charge is 0.0475 e. The van der Waals surface area contributed by atoms with Crippen molar-refractivity contribution < 1.29 is 0 Å². The van der Waals surface area contributed by atoms with Crippen molar-refractivity contribution in [1.29, 1.82) is 0 Å². The van der Waals surface area contributed by atoms with Gasteiger partial charge in [0.15, 0.2) is 0 Å². The third-order valence-electron chi connectivity index (χ3n) is 3.81. The van der Waals surface area contributed by atoms with Crippen LogP contribution in [0.3, 0.4) is 0 Å². The molecular formula is C10H9N. The Morgan fingerprint density at radius 1 is 1.45 bits per heavy atom. The normalized spacial score (nSPS) is 47.6. The summed E-state index contributed by atoms with van der Waals surface area (Å²) in [5.74, 6) is 3.92. The molecule has 0 bridgehead atoms. The first kappa shape index (κ1) is 4.91. The highest BCUT2D eigenvalue weighted by Crippen LogP contribution is 2.78. The Hall–Kier alpha value is -0.850. The molecule has 2 fully saturated rings. The van der Waals surface area contributed by atoms with Crippen LogP contribution >= 0.6 is 0 Å². The number of rotatable bonds is 0. The lowest BCUT2D eigenvalue weighted by atomic mass is 9.80. The molecule has 0 aromatic carbocycles. The maximum atomic E-state index is 4.46. The highest BCUT2D eigenvalue weighted by atomic mass is 14.8. The van der Waals surface area contributed by atoms with Gasteiger partial charge in [0.2, 0.25) is 0 Å². The van der Waals surface area contributed by atoms with Crippen LogP contribution in [0.25, 0.3) is 0 Å². The Bertz CT molecular complexity index is 319. The Labute approximate surface area is 65.5 Å². The summed E-state index contributed by atoms with van der Waals surface area (Å²) in [6.45, 7) is 0. The molecule has 0 aliphatic heterocycles. The molecule has 1 heteroatoms. The minimum absolute atomic E-state index is 0.899. The van der Waals surface area contributed by atoms with E-state index in [2.05, 4.69) is 17.1 Å². The van der Waals surface area contributed by atoms with Gasteiger partial charge in [0, 0.05) is 17.8 Å². The summed E-state index contributed by atoms with van der Waals surface area (Å²) in [4.78, 5) is 4.46. The average Bonchev–Trinajstić information content (AvgIpc) is 2.49. The molecule has 0 N–H and O–H groups in total. The molecule has 1 aromatic heterocycles. The van der Waals surface area contributed by atoms with Gasteiger partial charge in [-0.15, -0.1) is 0 Å². The van der Waals surface area contributed by atoms with E-state index in [1.165, 1.54) is 12.1 Å². The highest BCUT2D eigenvalue weighted by molar-refractivity contribution is 5.48. The number of pyridine rings is 1. The zero-order valence-corrected chi connectivity index (χ0v) is 6.20. The Morgan fingerprint density at radius 2 is 2.45 bits per heavy atom. The maximum Gasteiger partial charge on any atom is 0.0475 e. The van der Waals surface area contributed by atoms with Crippen molar-refractivity contribution in [2.75, 3.05) is 0 Å². The molecule has 3 aliphatic carbocycles. The molecule has 0 saturated heterocycles. The molecule has 1 heterocycles. The first-order valence-electron chi connectivity index (χ1n) is 4.41. The van der Waals surface area contributed by atoms with Crippen LogP contribution in [0, 0.1) is 11.8 Å². The molecule has 4 rings (SSSR count). The largest absolute Gasteiger partial charge is 0.261 e. The zero-order chi connectivity index (χ0) is 7.00. The third kappa shape index (κ3) is 0.358. The van der Waals surface area contributed by atoms with Crippen molar-refractivity contribution in [3.63, 3.8) is 0 Å². The van der Waals surface area contributed by atoms with Gasteiger partial charge >= 0.3 is 0 Å². The molecule has 4 unspecified atom stereocenters. The van der Waals surface area contributed by atoms with Crippen LogP contribution in [0.5, 0.6) is 0 Å². The number of fused-ring (bicyclic) bond motifs is 4. The fourth-order valence-corrected chi connectivity index (χ4v) is 3.25. The van der Waals surface area contributed by atoms with E-state index in [-0.39, 0.29) is 0 Å². The minimum atomic E-state index is 0.899. The van der Waals surface area contributed by atoms with Crippen molar-refractivity contribution in [2.24, 2.45) is 11.8 Å². The maximum absolute atomic E-state index is 4.46. The second-order valence-corrected chi connectivity index (χ2v) is 4.09. The SMILES string of the molecule is c1cnc2c(c1)C1CC3C2C13. The molecule has 1 nitrogen and oxygen atoms in total. The van der Waals surface area contributed by atoms with Gasteiger partial charge in [-0.2, -0.15) is 0 Å². The number of hydrogen-bond acceptors (Lipinski definition) is 1. The lowest BCUT2D eigenvalue weighted by Crippen LogP contribution is -2.14. The molecule has 54 valence electrons. The summed E-state index contributed by atoms with van der Waals surface area (Å²) in [5.41, 5.74) is 3.02. The van der Waals surface area contributed by atoms with Gasteiger partial charge in [0.25, 0.3) is 0 Å². The lowest BCUT2D eigenvalue weighted by molar-refractivity contribution is 0.387. The molecule has 4 atom stereocenters. The monoisotopic (exact) mass is 143 g/mol. The van der Waals surface area contributed by atoms with Crippen molar-refractivity contribution in [3.8, 4) is 0 Å². The second kappa shape index (κ2) is 1.24. The summed E-state index contributed by atoms with van der Waals surface area (Å²) in [7, 11) is 0. The van der Waals surface area contributed by atoms with Crippen molar-refractivity contribution in [1.82, 2.24) is 4.98 Å². The van der Waals surface area contributed by atoms with Crippen molar-refractivity contribution in [2.45, 2.75) is 18.3 Å². The van der Waals surface area contributed by atoms with E-state index in [9.17, 15) is 0 Å². The van der Waals surface area contributed by atoms with E-state index in [0.717, 1.165) is 23.7 Å². The lowest BCUT2D eigenvalue weighted by Gasteiger charge is -2.25. The van der Waals surface area contributed by atoms with E-state index in [1.807, 2.05) is 6.20 Å². The van der Waals surface area contributed by atoms with Crippen LogP contribution in [0.4, 0.5) is 0 Å². The summed E-state index contributed by atoms with van der Waals surface area (Å²) in [6.07, 6.45) is 3.41. The highest BCUT2D eigenvalue weighted by Gasteiger charge is 2.69. The van der Waals surface area contributed by atoms with E-state index < -0.39 is 0 Å². The zero-order valence-electron chi connectivity index (χ0n) is 6.20. The van der Waals surface area contributed by atoms with Crippen molar-refractivity contribution >= 4 is 0 Å². The standard InChI is InChI=1S/C10H9N/c1-2-5-6-4-7-8(6)9(7)10(5)11-3-1/h1-3,6-9H,4H2. The minimum Gasteiger partial charge on any atom is -0.261 e. The van der Waals surface area contributed by atoms with Crippen LogP contribution in [-0.4, -0.2) is 4.98 Å². The Morgan fingerprint density at radius 3 is 3.36 bits per heavy atom. The molecule has 0 radical (unpaired) electrons. The Balaban J connectivity index is 2.06. The summed E-state index contributed by atoms with van der Waals surface area (Å²) < 4.78 is 0. The first-order chi connectivity index (χ1) is 5.47. The topological polar surface area (TPSA) is 12.9 Å². The third-order valence-corrected chi connectivity index (χ3v) is 3.81. The predicted octanol–water partition coefficient (Wildman–Crippen LogP) is 1.91. The average molecular weight is 143 g/mol. The molecule has 0 spiro atoms. The van der Waals surface area contributed by atoms with E-state index >= 15 is 0 Å². The van der Waals surface area contributed by atoms with E-state index in [1.54, 1.807) is 5.56 Å². The number of aromatic nitrogens is 1. The van der Waals surface area contributed by atoms with Crippen LogP contribution in [0.1, 0.15) is 29.5 Å². The van der Waals surface area contributed by atoms with Crippen LogP contribution < -0.4 is 0 Å². The predicted molar refractivity (Wildman–Crippen MR) is 41.3 cm³/mol. The molecule has 1 aromatic rings. The number of hydrogen-bond donors (Lipinski definition) is 0. The van der Waals surface area contributed by atoms with E-state index in [0.29, 0.717) is 0 Å². The molecular weight excluding hydrogens is 134 g/mol. The van der Waals surface area contributed by atoms with Gasteiger partial charge in [-0.1, -0.05) is 6.07 Å². The van der Waals surface area contributed by atoms with Crippen LogP contribution in [-0.2, 0) is 0 Å². The fourth-order valence-electron chi connectivity index (χ4n) is 3.25. The molecule has 11 heavy (non-hydrogen) atoms. The second-order valence-electron chi connectivity index (χ2n) is 4.09. The van der Waals surface area contributed by atoms with Gasteiger partial charge in [-0.3, -0.25) is 4.98 Å². The Kier molecular flexibility index (Phi) is 0.553. The molecule has 3 aliphatic rings. The van der Waals surface area contributed by atoms with Gasteiger partial charge in [0.05, 0.1) is 0 Å². The molecule has 0 amide bonds.